The Hall–Kier alpha value is -1.49. The Morgan fingerprint density at radius 3 is 2.60 bits per heavy atom. The summed E-state index contributed by atoms with van der Waals surface area (Å²) in [7, 11) is -2.34. The zero-order valence-electron chi connectivity index (χ0n) is 14.2. The third-order valence-corrected chi connectivity index (χ3v) is 7.17. The number of carbonyl (C=O) groups is 1. The molecule has 0 aliphatic heterocycles. The standard InChI is InChI=1S/C15H20N4O3S3/c1-4-9-23-15-18-17-14(24-15)16-13(20)10-19(3)25(21,22)12-7-5-11(2)6-8-12/h5-8H,4,9-10H2,1-3H3,(H,16,17,20). The Balaban J connectivity index is 1.97. The minimum absolute atomic E-state index is 0.155. The third kappa shape index (κ3) is 5.50. The van der Waals surface area contributed by atoms with Crippen molar-refractivity contribution in [3.63, 3.8) is 0 Å². The summed E-state index contributed by atoms with van der Waals surface area (Å²) in [4.78, 5) is 12.2. The fourth-order valence-electron chi connectivity index (χ4n) is 1.84. The Morgan fingerprint density at radius 2 is 1.96 bits per heavy atom. The van der Waals surface area contributed by atoms with E-state index >= 15 is 0 Å². The Labute approximate surface area is 155 Å². The molecule has 1 amide bonds. The van der Waals surface area contributed by atoms with Gasteiger partial charge >= 0.3 is 0 Å². The highest BCUT2D eigenvalue weighted by Crippen LogP contribution is 2.25. The summed E-state index contributed by atoms with van der Waals surface area (Å²) in [6, 6.07) is 6.50. The number of thioether (sulfide) groups is 1. The van der Waals surface area contributed by atoms with Crippen LogP contribution in [0.4, 0.5) is 5.13 Å². The summed E-state index contributed by atoms with van der Waals surface area (Å²) in [5.41, 5.74) is 0.965. The van der Waals surface area contributed by atoms with E-state index in [1.54, 1.807) is 23.9 Å². The van der Waals surface area contributed by atoms with Gasteiger partial charge in [0.2, 0.25) is 21.1 Å². The molecule has 1 heterocycles. The van der Waals surface area contributed by atoms with Crippen molar-refractivity contribution in [3.8, 4) is 0 Å². The number of nitrogens with one attached hydrogen (secondary N) is 1. The van der Waals surface area contributed by atoms with Gasteiger partial charge in [0, 0.05) is 12.8 Å². The molecule has 136 valence electrons. The lowest BCUT2D eigenvalue weighted by molar-refractivity contribution is -0.116. The van der Waals surface area contributed by atoms with Gasteiger partial charge in [0.25, 0.3) is 0 Å². The van der Waals surface area contributed by atoms with Gasteiger partial charge in [0.1, 0.15) is 0 Å². The largest absolute Gasteiger partial charge is 0.299 e. The van der Waals surface area contributed by atoms with E-state index in [2.05, 4.69) is 22.4 Å². The number of likely N-dealkylation sites (N-methyl/N-ethyl adjacent to an activating group) is 1. The zero-order valence-corrected chi connectivity index (χ0v) is 16.7. The van der Waals surface area contributed by atoms with Crippen molar-refractivity contribution in [2.24, 2.45) is 0 Å². The molecule has 1 aromatic carbocycles. The van der Waals surface area contributed by atoms with E-state index in [-0.39, 0.29) is 11.4 Å². The lowest BCUT2D eigenvalue weighted by Crippen LogP contribution is -2.34. The quantitative estimate of drug-likeness (QED) is 0.541. The van der Waals surface area contributed by atoms with Gasteiger partial charge in [-0.05, 0) is 25.5 Å². The van der Waals surface area contributed by atoms with Gasteiger partial charge in [-0.1, -0.05) is 47.7 Å². The SMILES string of the molecule is CCCSc1nnc(NC(=O)CN(C)S(=O)(=O)c2ccc(C)cc2)s1. The molecule has 0 radical (unpaired) electrons. The first-order chi connectivity index (χ1) is 11.8. The van der Waals surface area contributed by atoms with E-state index < -0.39 is 15.9 Å². The number of carbonyl (C=O) groups excluding carboxylic acids is 1. The third-order valence-electron chi connectivity index (χ3n) is 3.18. The number of sulfonamides is 1. The van der Waals surface area contributed by atoms with Crippen LogP contribution in [0.15, 0.2) is 33.5 Å². The van der Waals surface area contributed by atoms with Crippen molar-refractivity contribution >= 4 is 44.2 Å². The van der Waals surface area contributed by atoms with Crippen LogP contribution in [-0.2, 0) is 14.8 Å². The Kier molecular flexibility index (Phi) is 6.94. The number of amides is 1. The number of hydrogen-bond acceptors (Lipinski definition) is 7. The first-order valence-corrected chi connectivity index (χ1v) is 10.9. The molecule has 25 heavy (non-hydrogen) atoms. The van der Waals surface area contributed by atoms with Crippen LogP contribution in [0.1, 0.15) is 18.9 Å². The summed E-state index contributed by atoms with van der Waals surface area (Å²) in [6.45, 7) is 3.65. The maximum Gasteiger partial charge on any atom is 0.243 e. The molecule has 2 aromatic rings. The van der Waals surface area contributed by atoms with E-state index in [0.29, 0.717) is 5.13 Å². The average molecular weight is 401 g/mol. The van der Waals surface area contributed by atoms with E-state index in [1.807, 2.05) is 6.92 Å². The predicted octanol–water partition coefficient (Wildman–Crippen LogP) is 2.61. The highest BCUT2D eigenvalue weighted by atomic mass is 32.2. The van der Waals surface area contributed by atoms with Crippen LogP contribution >= 0.6 is 23.1 Å². The van der Waals surface area contributed by atoms with E-state index in [9.17, 15) is 13.2 Å². The summed E-state index contributed by atoms with van der Waals surface area (Å²) < 4.78 is 26.7. The first kappa shape index (κ1) is 19.8. The van der Waals surface area contributed by atoms with Crippen LogP contribution < -0.4 is 5.32 Å². The summed E-state index contributed by atoms with van der Waals surface area (Å²) in [5.74, 6) is 0.474. The predicted molar refractivity (Wildman–Crippen MR) is 101 cm³/mol. The van der Waals surface area contributed by atoms with Crippen molar-refractivity contribution in [1.29, 1.82) is 0 Å². The molecule has 0 spiro atoms. The molecule has 0 atom stereocenters. The van der Waals surface area contributed by atoms with Gasteiger partial charge in [-0.3, -0.25) is 10.1 Å². The molecule has 0 saturated heterocycles. The number of anilines is 1. The summed E-state index contributed by atoms with van der Waals surface area (Å²) in [5, 5.41) is 10.8. The molecule has 10 heteroatoms. The van der Waals surface area contributed by atoms with Crippen molar-refractivity contribution in [3.05, 3.63) is 29.8 Å². The fourth-order valence-corrected chi connectivity index (χ4v) is 4.66. The van der Waals surface area contributed by atoms with E-state index in [4.69, 9.17) is 0 Å². The van der Waals surface area contributed by atoms with Gasteiger partial charge in [-0.2, -0.15) is 4.31 Å². The van der Waals surface area contributed by atoms with Crippen molar-refractivity contribution in [1.82, 2.24) is 14.5 Å². The molecule has 0 aliphatic carbocycles. The molecule has 1 N–H and O–H groups in total. The molecular weight excluding hydrogens is 380 g/mol. The maximum atomic E-state index is 12.5. The van der Waals surface area contributed by atoms with Crippen LogP contribution in [-0.4, -0.2) is 48.2 Å². The van der Waals surface area contributed by atoms with Crippen LogP contribution in [0.3, 0.4) is 0 Å². The molecule has 0 bridgehead atoms. The number of aryl methyl sites for hydroxylation is 1. The monoisotopic (exact) mass is 400 g/mol. The van der Waals surface area contributed by atoms with Crippen LogP contribution in [0.2, 0.25) is 0 Å². The van der Waals surface area contributed by atoms with Crippen molar-refractivity contribution < 1.29 is 13.2 Å². The van der Waals surface area contributed by atoms with Crippen LogP contribution in [0.5, 0.6) is 0 Å². The average Bonchev–Trinajstić information content (AvgIpc) is 3.00. The fraction of sp³-hybridized carbons (Fsp3) is 0.400. The maximum absolute atomic E-state index is 12.5. The van der Waals surface area contributed by atoms with Crippen LogP contribution in [0.25, 0.3) is 0 Å². The minimum Gasteiger partial charge on any atom is -0.299 e. The lowest BCUT2D eigenvalue weighted by atomic mass is 10.2. The molecular formula is C15H20N4O3S3. The van der Waals surface area contributed by atoms with Gasteiger partial charge in [-0.15, -0.1) is 10.2 Å². The highest BCUT2D eigenvalue weighted by Gasteiger charge is 2.23. The second kappa shape index (κ2) is 8.75. The summed E-state index contributed by atoms with van der Waals surface area (Å²) in [6.07, 6.45) is 1.02. The summed E-state index contributed by atoms with van der Waals surface area (Å²) >= 11 is 2.85. The molecule has 1 aromatic heterocycles. The molecule has 0 fully saturated rings. The smallest absolute Gasteiger partial charge is 0.243 e. The Bertz CT molecular complexity index is 819. The number of hydrogen-bond donors (Lipinski definition) is 1. The van der Waals surface area contributed by atoms with Gasteiger partial charge in [0.15, 0.2) is 4.34 Å². The topological polar surface area (TPSA) is 92.3 Å². The Morgan fingerprint density at radius 1 is 1.28 bits per heavy atom. The highest BCUT2D eigenvalue weighted by molar-refractivity contribution is 8.01. The minimum atomic E-state index is -3.71. The molecule has 2 rings (SSSR count). The van der Waals surface area contributed by atoms with E-state index in [1.165, 1.54) is 30.5 Å². The molecule has 0 unspecified atom stereocenters. The molecule has 0 aliphatic rings. The first-order valence-electron chi connectivity index (χ1n) is 7.62. The second-order valence-electron chi connectivity index (χ2n) is 5.34. The van der Waals surface area contributed by atoms with Gasteiger partial charge in [-0.25, -0.2) is 8.42 Å². The van der Waals surface area contributed by atoms with Gasteiger partial charge < -0.3 is 0 Å². The number of rotatable bonds is 8. The van der Waals surface area contributed by atoms with Gasteiger partial charge in [0.05, 0.1) is 11.4 Å². The molecule has 7 nitrogen and oxygen atoms in total. The second-order valence-corrected chi connectivity index (χ2v) is 9.71. The van der Waals surface area contributed by atoms with Crippen molar-refractivity contribution in [2.45, 2.75) is 29.5 Å². The number of benzene rings is 1. The number of aromatic nitrogens is 2. The normalized spacial score (nSPS) is 11.7. The number of nitrogens with zero attached hydrogens (tertiary/aromatic N) is 3. The van der Waals surface area contributed by atoms with Crippen molar-refractivity contribution in [2.75, 3.05) is 24.7 Å². The van der Waals surface area contributed by atoms with E-state index in [0.717, 1.165) is 26.4 Å². The molecule has 0 saturated carbocycles. The van der Waals surface area contributed by atoms with Crippen LogP contribution in [0, 0.1) is 6.92 Å². The zero-order chi connectivity index (χ0) is 18.4. The lowest BCUT2D eigenvalue weighted by Gasteiger charge is -2.16.